The number of ether oxygens (including phenoxy) is 2. The number of nitrogens with zero attached hydrogens (tertiary/aromatic N) is 1. The average Bonchev–Trinajstić information content (AvgIpc) is 2.29. The summed E-state index contributed by atoms with van der Waals surface area (Å²) in [6, 6.07) is 1.71. The molecule has 1 rings (SSSR count). The number of hydrogen-bond acceptors (Lipinski definition) is 4. The Morgan fingerprint density at radius 3 is 2.88 bits per heavy atom. The molecule has 1 unspecified atom stereocenters. The van der Waals surface area contributed by atoms with E-state index < -0.39 is 0 Å². The molecule has 0 aliphatic rings. The van der Waals surface area contributed by atoms with Crippen LogP contribution in [-0.2, 0) is 4.74 Å². The van der Waals surface area contributed by atoms with Gasteiger partial charge in [0.1, 0.15) is 5.75 Å². The van der Waals surface area contributed by atoms with Gasteiger partial charge in [-0.05, 0) is 19.9 Å². The number of carbonyl (C=O) groups is 1. The fraction of sp³-hybridized carbons (Fsp3) is 0.500. The summed E-state index contributed by atoms with van der Waals surface area (Å²) in [7, 11) is 1.59. The molecule has 0 aromatic carbocycles. The molecule has 4 nitrogen and oxygen atoms in total. The number of aromatic nitrogens is 1. The van der Waals surface area contributed by atoms with Crippen molar-refractivity contribution in [3.05, 3.63) is 24.0 Å². The number of methoxy groups -OCH3 is 1. The zero-order valence-electron chi connectivity index (χ0n) is 9.90. The van der Waals surface area contributed by atoms with E-state index in [4.69, 9.17) is 9.47 Å². The Kier molecular flexibility index (Phi) is 4.92. The molecule has 88 valence electrons. The monoisotopic (exact) mass is 223 g/mol. The summed E-state index contributed by atoms with van der Waals surface area (Å²) in [5, 5.41) is 0. The molecule has 0 bridgehead atoms. The molecule has 1 aromatic rings. The largest absolute Gasteiger partial charge is 0.492 e. The van der Waals surface area contributed by atoms with Gasteiger partial charge >= 0.3 is 0 Å². The number of rotatable bonds is 6. The van der Waals surface area contributed by atoms with Crippen LogP contribution in [-0.4, -0.2) is 30.6 Å². The minimum Gasteiger partial charge on any atom is -0.492 e. The van der Waals surface area contributed by atoms with Crippen LogP contribution < -0.4 is 4.74 Å². The third-order valence-corrected chi connectivity index (χ3v) is 2.22. The molecule has 0 saturated carbocycles. The Bertz CT molecular complexity index is 352. The molecular formula is C12H17NO3. The van der Waals surface area contributed by atoms with Gasteiger partial charge in [-0.3, -0.25) is 9.78 Å². The van der Waals surface area contributed by atoms with Crippen molar-refractivity contribution >= 4 is 5.78 Å². The first kappa shape index (κ1) is 12.6. The van der Waals surface area contributed by atoms with Gasteiger partial charge in [-0.2, -0.15) is 0 Å². The van der Waals surface area contributed by atoms with Crippen molar-refractivity contribution in [1.82, 2.24) is 4.98 Å². The van der Waals surface area contributed by atoms with E-state index in [0.717, 1.165) is 0 Å². The molecule has 1 atom stereocenters. The maximum absolute atomic E-state index is 11.8. The molecule has 16 heavy (non-hydrogen) atoms. The van der Waals surface area contributed by atoms with Crippen LogP contribution in [0.5, 0.6) is 5.75 Å². The Labute approximate surface area is 95.6 Å². The van der Waals surface area contributed by atoms with Gasteiger partial charge in [-0.25, -0.2) is 0 Å². The topological polar surface area (TPSA) is 48.4 Å². The van der Waals surface area contributed by atoms with Crippen molar-refractivity contribution in [2.75, 3.05) is 13.7 Å². The van der Waals surface area contributed by atoms with Crippen molar-refractivity contribution in [3.8, 4) is 5.75 Å². The first-order valence-corrected chi connectivity index (χ1v) is 5.31. The highest BCUT2D eigenvalue weighted by molar-refractivity contribution is 5.96. The van der Waals surface area contributed by atoms with Crippen LogP contribution in [0, 0.1) is 0 Å². The van der Waals surface area contributed by atoms with Crippen molar-refractivity contribution in [2.24, 2.45) is 0 Å². The minimum absolute atomic E-state index is 0.0170. The highest BCUT2D eigenvalue weighted by atomic mass is 16.5. The summed E-state index contributed by atoms with van der Waals surface area (Å²) in [4.78, 5) is 15.8. The van der Waals surface area contributed by atoms with Crippen molar-refractivity contribution in [1.29, 1.82) is 0 Å². The second kappa shape index (κ2) is 6.23. The molecule has 0 aliphatic carbocycles. The van der Waals surface area contributed by atoms with Gasteiger partial charge in [0.05, 0.1) is 18.9 Å². The summed E-state index contributed by atoms with van der Waals surface area (Å²) < 4.78 is 10.3. The van der Waals surface area contributed by atoms with Crippen LogP contribution in [0.15, 0.2) is 18.5 Å². The molecule has 0 spiro atoms. The Hall–Kier alpha value is -1.42. The highest BCUT2D eigenvalue weighted by Crippen LogP contribution is 2.13. The molecule has 1 heterocycles. The van der Waals surface area contributed by atoms with E-state index in [1.165, 1.54) is 0 Å². The van der Waals surface area contributed by atoms with E-state index in [1.54, 1.807) is 25.6 Å². The maximum Gasteiger partial charge on any atom is 0.167 e. The second-order valence-electron chi connectivity index (χ2n) is 3.52. The Morgan fingerprint density at radius 1 is 1.50 bits per heavy atom. The predicted molar refractivity (Wildman–Crippen MR) is 60.8 cm³/mol. The number of hydrogen-bond donors (Lipinski definition) is 0. The average molecular weight is 223 g/mol. The van der Waals surface area contributed by atoms with E-state index in [9.17, 15) is 4.79 Å². The molecule has 0 fully saturated rings. The molecule has 0 amide bonds. The van der Waals surface area contributed by atoms with Gasteiger partial charge in [0, 0.05) is 25.3 Å². The molecule has 1 aromatic heterocycles. The van der Waals surface area contributed by atoms with Gasteiger partial charge in [-0.15, -0.1) is 0 Å². The highest BCUT2D eigenvalue weighted by Gasteiger charge is 2.11. The molecule has 4 heteroatoms. The third-order valence-electron chi connectivity index (χ3n) is 2.22. The lowest BCUT2D eigenvalue weighted by molar-refractivity contribution is 0.0791. The van der Waals surface area contributed by atoms with Crippen molar-refractivity contribution in [3.63, 3.8) is 0 Å². The fourth-order valence-corrected chi connectivity index (χ4v) is 1.28. The van der Waals surface area contributed by atoms with E-state index in [0.29, 0.717) is 24.3 Å². The molecule has 0 radical (unpaired) electrons. The molecular weight excluding hydrogens is 206 g/mol. The summed E-state index contributed by atoms with van der Waals surface area (Å²) in [5.74, 6) is 0.641. The van der Waals surface area contributed by atoms with Crippen LogP contribution in [0.1, 0.15) is 30.6 Å². The smallest absolute Gasteiger partial charge is 0.167 e. The lowest BCUT2D eigenvalue weighted by Gasteiger charge is -2.08. The zero-order chi connectivity index (χ0) is 12.0. The number of pyridine rings is 1. The minimum atomic E-state index is -0.0803. The summed E-state index contributed by atoms with van der Waals surface area (Å²) in [6.07, 6.45) is 3.42. The van der Waals surface area contributed by atoms with Crippen molar-refractivity contribution in [2.45, 2.75) is 26.4 Å². The van der Waals surface area contributed by atoms with Crippen molar-refractivity contribution < 1.29 is 14.3 Å². The van der Waals surface area contributed by atoms with E-state index in [1.807, 2.05) is 13.8 Å². The normalized spacial score (nSPS) is 12.2. The number of carbonyl (C=O) groups excluding carboxylic acids is 1. The van der Waals surface area contributed by atoms with Crippen LogP contribution in [0.4, 0.5) is 0 Å². The van der Waals surface area contributed by atoms with Crippen LogP contribution >= 0.6 is 0 Å². The first-order valence-electron chi connectivity index (χ1n) is 5.31. The van der Waals surface area contributed by atoms with Gasteiger partial charge in [0.15, 0.2) is 5.78 Å². The fourth-order valence-electron chi connectivity index (χ4n) is 1.28. The molecule has 0 saturated heterocycles. The van der Waals surface area contributed by atoms with Gasteiger partial charge in [-0.1, -0.05) is 0 Å². The maximum atomic E-state index is 11.8. The van der Waals surface area contributed by atoms with Gasteiger partial charge in [0.25, 0.3) is 0 Å². The number of Topliss-reactive ketones (excluding diaryl/α,β-unsaturated/α-hetero) is 1. The van der Waals surface area contributed by atoms with Gasteiger partial charge < -0.3 is 9.47 Å². The summed E-state index contributed by atoms with van der Waals surface area (Å²) in [6.45, 7) is 4.31. The van der Waals surface area contributed by atoms with Crippen LogP contribution in [0.3, 0.4) is 0 Å². The third kappa shape index (κ3) is 3.62. The standard InChI is InChI=1S/C12H17NO3/c1-4-16-11-6-10(7-13-8-11)12(14)5-9(2)15-3/h6-9H,4-5H2,1-3H3. The van der Waals surface area contributed by atoms with Crippen LogP contribution in [0.25, 0.3) is 0 Å². The van der Waals surface area contributed by atoms with Gasteiger partial charge in [0.2, 0.25) is 0 Å². The first-order chi connectivity index (χ1) is 7.67. The summed E-state index contributed by atoms with van der Waals surface area (Å²) >= 11 is 0. The van der Waals surface area contributed by atoms with E-state index in [-0.39, 0.29) is 11.9 Å². The predicted octanol–water partition coefficient (Wildman–Crippen LogP) is 2.09. The summed E-state index contributed by atoms with van der Waals surface area (Å²) in [5.41, 5.74) is 0.565. The lowest BCUT2D eigenvalue weighted by atomic mass is 10.1. The quantitative estimate of drug-likeness (QED) is 0.693. The molecule has 0 aliphatic heterocycles. The second-order valence-corrected chi connectivity index (χ2v) is 3.52. The SMILES string of the molecule is CCOc1cncc(C(=O)CC(C)OC)c1. The molecule has 0 N–H and O–H groups in total. The number of ketones is 1. The lowest BCUT2D eigenvalue weighted by Crippen LogP contribution is -2.12. The Balaban J connectivity index is 2.71. The zero-order valence-corrected chi connectivity index (χ0v) is 9.90. The van der Waals surface area contributed by atoms with E-state index in [2.05, 4.69) is 4.98 Å². The van der Waals surface area contributed by atoms with Crippen LogP contribution in [0.2, 0.25) is 0 Å². The van der Waals surface area contributed by atoms with E-state index >= 15 is 0 Å². The Morgan fingerprint density at radius 2 is 2.25 bits per heavy atom.